The van der Waals surface area contributed by atoms with E-state index in [9.17, 15) is 14.0 Å². The van der Waals surface area contributed by atoms with E-state index in [2.05, 4.69) is 15.9 Å². The standard InChI is InChI=1S/C16H12BrFO4/c1-21-15-6-5-10(8-13(15)17)14(19)9-22-16(20)11-3-2-4-12(18)7-11/h2-8H,9H2,1H3. The Morgan fingerprint density at radius 2 is 1.91 bits per heavy atom. The van der Waals surface area contributed by atoms with Crippen molar-refractivity contribution in [2.75, 3.05) is 13.7 Å². The van der Waals surface area contributed by atoms with Crippen LogP contribution in [0.4, 0.5) is 4.39 Å². The molecule has 0 N–H and O–H groups in total. The van der Waals surface area contributed by atoms with E-state index in [-0.39, 0.29) is 11.3 Å². The molecule has 6 heteroatoms. The Kier molecular flexibility index (Phi) is 5.27. The van der Waals surface area contributed by atoms with E-state index in [1.54, 1.807) is 18.2 Å². The molecule has 114 valence electrons. The molecular formula is C16H12BrFO4. The summed E-state index contributed by atoms with van der Waals surface area (Å²) in [6.07, 6.45) is 0. The first-order chi connectivity index (χ1) is 10.5. The molecule has 2 aromatic rings. The minimum absolute atomic E-state index is 0.0590. The Morgan fingerprint density at radius 1 is 1.14 bits per heavy atom. The van der Waals surface area contributed by atoms with Gasteiger partial charge in [0.1, 0.15) is 11.6 Å². The third-order valence-electron chi connectivity index (χ3n) is 2.87. The summed E-state index contributed by atoms with van der Waals surface area (Å²) in [6.45, 7) is -0.423. The minimum atomic E-state index is -0.750. The summed E-state index contributed by atoms with van der Waals surface area (Å²) in [5.41, 5.74) is 0.434. The molecule has 0 radical (unpaired) electrons. The fourth-order valence-electron chi connectivity index (χ4n) is 1.75. The summed E-state index contributed by atoms with van der Waals surface area (Å²) >= 11 is 3.27. The average molecular weight is 367 g/mol. The van der Waals surface area contributed by atoms with E-state index in [0.717, 1.165) is 6.07 Å². The van der Waals surface area contributed by atoms with Gasteiger partial charge in [0.15, 0.2) is 12.4 Å². The molecule has 0 atom stereocenters. The van der Waals surface area contributed by atoms with Crippen molar-refractivity contribution in [2.45, 2.75) is 0 Å². The van der Waals surface area contributed by atoms with Crippen LogP contribution < -0.4 is 4.74 Å². The molecule has 0 spiro atoms. The molecule has 2 aromatic carbocycles. The van der Waals surface area contributed by atoms with Gasteiger partial charge in [-0.05, 0) is 52.3 Å². The second-order valence-electron chi connectivity index (χ2n) is 4.36. The van der Waals surface area contributed by atoms with Gasteiger partial charge in [-0.15, -0.1) is 0 Å². The summed E-state index contributed by atoms with van der Waals surface area (Å²) in [5.74, 6) is -1.07. The zero-order valence-electron chi connectivity index (χ0n) is 11.6. The fraction of sp³-hybridized carbons (Fsp3) is 0.125. The fourth-order valence-corrected chi connectivity index (χ4v) is 2.29. The lowest BCUT2D eigenvalue weighted by Gasteiger charge is -2.07. The van der Waals surface area contributed by atoms with E-state index in [4.69, 9.17) is 9.47 Å². The van der Waals surface area contributed by atoms with Crippen LogP contribution in [0.3, 0.4) is 0 Å². The van der Waals surface area contributed by atoms with E-state index >= 15 is 0 Å². The number of methoxy groups -OCH3 is 1. The maximum absolute atomic E-state index is 13.0. The predicted octanol–water partition coefficient (Wildman–Crippen LogP) is 3.64. The topological polar surface area (TPSA) is 52.6 Å². The Hall–Kier alpha value is -2.21. The number of esters is 1. The number of hydrogen-bond donors (Lipinski definition) is 0. The normalized spacial score (nSPS) is 10.1. The molecule has 0 unspecified atom stereocenters. The van der Waals surface area contributed by atoms with Gasteiger partial charge in [-0.25, -0.2) is 9.18 Å². The second kappa shape index (κ2) is 7.17. The largest absolute Gasteiger partial charge is 0.496 e. The van der Waals surface area contributed by atoms with Crippen LogP contribution in [0.15, 0.2) is 46.9 Å². The summed E-state index contributed by atoms with van der Waals surface area (Å²) < 4.78 is 23.6. The highest BCUT2D eigenvalue weighted by Crippen LogP contribution is 2.25. The Balaban J connectivity index is 2.00. The average Bonchev–Trinajstić information content (AvgIpc) is 2.52. The highest BCUT2D eigenvalue weighted by Gasteiger charge is 2.13. The number of benzene rings is 2. The lowest BCUT2D eigenvalue weighted by molar-refractivity contribution is 0.0474. The summed E-state index contributed by atoms with van der Waals surface area (Å²) in [7, 11) is 1.52. The number of hydrogen-bond acceptors (Lipinski definition) is 4. The highest BCUT2D eigenvalue weighted by atomic mass is 79.9. The third-order valence-corrected chi connectivity index (χ3v) is 3.49. The van der Waals surface area contributed by atoms with Crippen LogP contribution in [-0.4, -0.2) is 25.5 Å². The quantitative estimate of drug-likeness (QED) is 0.598. The molecule has 0 bridgehead atoms. The van der Waals surface area contributed by atoms with Crippen LogP contribution in [0.5, 0.6) is 5.75 Å². The summed E-state index contributed by atoms with van der Waals surface area (Å²) in [5, 5.41) is 0. The van der Waals surface area contributed by atoms with Crippen molar-refractivity contribution in [1.82, 2.24) is 0 Å². The van der Waals surface area contributed by atoms with Gasteiger partial charge in [-0.2, -0.15) is 0 Å². The zero-order valence-corrected chi connectivity index (χ0v) is 13.2. The van der Waals surface area contributed by atoms with Gasteiger partial charge >= 0.3 is 5.97 Å². The van der Waals surface area contributed by atoms with Crippen LogP contribution in [0.25, 0.3) is 0 Å². The maximum atomic E-state index is 13.0. The van der Waals surface area contributed by atoms with Gasteiger partial charge in [0, 0.05) is 5.56 Å². The van der Waals surface area contributed by atoms with Crippen LogP contribution in [0.2, 0.25) is 0 Å². The third kappa shape index (κ3) is 3.92. The number of carbonyl (C=O) groups is 2. The molecule has 0 amide bonds. The van der Waals surface area contributed by atoms with Gasteiger partial charge in [0.2, 0.25) is 0 Å². The van der Waals surface area contributed by atoms with Crippen molar-refractivity contribution in [1.29, 1.82) is 0 Å². The predicted molar refractivity (Wildman–Crippen MR) is 81.7 cm³/mol. The number of halogens is 2. The number of ketones is 1. The first-order valence-electron chi connectivity index (χ1n) is 6.30. The molecule has 2 rings (SSSR count). The molecule has 0 saturated carbocycles. The van der Waals surface area contributed by atoms with Crippen molar-refractivity contribution in [3.05, 3.63) is 63.9 Å². The van der Waals surface area contributed by atoms with Crippen molar-refractivity contribution in [3.63, 3.8) is 0 Å². The lowest BCUT2D eigenvalue weighted by Crippen LogP contribution is -2.14. The molecule has 0 fully saturated rings. The van der Waals surface area contributed by atoms with E-state index in [0.29, 0.717) is 15.8 Å². The molecule has 0 aliphatic rings. The Labute approximate surface area is 135 Å². The Morgan fingerprint density at radius 3 is 2.55 bits per heavy atom. The summed E-state index contributed by atoms with van der Waals surface area (Å²) in [6, 6.07) is 9.87. The second-order valence-corrected chi connectivity index (χ2v) is 5.21. The summed E-state index contributed by atoms with van der Waals surface area (Å²) in [4.78, 5) is 23.7. The molecular weight excluding hydrogens is 355 g/mol. The van der Waals surface area contributed by atoms with Crippen LogP contribution in [0.1, 0.15) is 20.7 Å². The van der Waals surface area contributed by atoms with Crippen molar-refractivity contribution in [3.8, 4) is 5.75 Å². The van der Waals surface area contributed by atoms with Gasteiger partial charge in [-0.1, -0.05) is 6.07 Å². The highest BCUT2D eigenvalue weighted by molar-refractivity contribution is 9.10. The first kappa shape index (κ1) is 16.2. The Bertz CT molecular complexity index is 715. The van der Waals surface area contributed by atoms with Gasteiger partial charge < -0.3 is 9.47 Å². The lowest BCUT2D eigenvalue weighted by atomic mass is 10.1. The molecule has 0 saturated heterocycles. The van der Waals surface area contributed by atoms with Crippen molar-refractivity contribution in [2.24, 2.45) is 0 Å². The molecule has 0 aromatic heterocycles. The number of carbonyl (C=O) groups excluding carboxylic acids is 2. The number of rotatable bonds is 5. The minimum Gasteiger partial charge on any atom is -0.496 e. The SMILES string of the molecule is COc1ccc(C(=O)COC(=O)c2cccc(F)c2)cc1Br. The molecule has 22 heavy (non-hydrogen) atoms. The maximum Gasteiger partial charge on any atom is 0.338 e. The van der Waals surface area contributed by atoms with Gasteiger partial charge in [-0.3, -0.25) is 4.79 Å². The number of ether oxygens (including phenoxy) is 2. The van der Waals surface area contributed by atoms with Gasteiger partial charge in [0.25, 0.3) is 0 Å². The van der Waals surface area contributed by atoms with Crippen LogP contribution >= 0.6 is 15.9 Å². The van der Waals surface area contributed by atoms with E-state index in [1.165, 1.54) is 25.3 Å². The van der Waals surface area contributed by atoms with E-state index in [1.807, 2.05) is 0 Å². The molecule has 4 nitrogen and oxygen atoms in total. The van der Waals surface area contributed by atoms with Gasteiger partial charge in [0.05, 0.1) is 17.1 Å². The first-order valence-corrected chi connectivity index (χ1v) is 7.10. The van der Waals surface area contributed by atoms with Crippen molar-refractivity contribution < 1.29 is 23.5 Å². The smallest absolute Gasteiger partial charge is 0.338 e. The van der Waals surface area contributed by atoms with Crippen molar-refractivity contribution >= 4 is 27.7 Å². The zero-order chi connectivity index (χ0) is 16.1. The van der Waals surface area contributed by atoms with Crippen LogP contribution in [0, 0.1) is 5.82 Å². The molecule has 0 aliphatic heterocycles. The molecule has 0 aliphatic carbocycles. The molecule has 0 heterocycles. The monoisotopic (exact) mass is 366 g/mol. The number of Topliss-reactive ketones (excluding diaryl/α,β-unsaturated/α-hetero) is 1. The van der Waals surface area contributed by atoms with E-state index < -0.39 is 18.4 Å². The van der Waals surface area contributed by atoms with Crippen LogP contribution in [-0.2, 0) is 4.74 Å².